The van der Waals surface area contributed by atoms with Crippen molar-refractivity contribution in [2.75, 3.05) is 51.2 Å². The van der Waals surface area contributed by atoms with E-state index in [1.165, 1.54) is 5.56 Å². The van der Waals surface area contributed by atoms with E-state index in [2.05, 4.69) is 31.8 Å². The summed E-state index contributed by atoms with van der Waals surface area (Å²) < 4.78 is 6.07. The average Bonchev–Trinajstić information content (AvgIpc) is 2.90. The summed E-state index contributed by atoms with van der Waals surface area (Å²) in [6.07, 6.45) is 6.77. The number of likely N-dealkylation sites (tertiary alicyclic amines) is 1. The van der Waals surface area contributed by atoms with Gasteiger partial charge in [0.15, 0.2) is 0 Å². The van der Waals surface area contributed by atoms with Crippen LogP contribution in [0.25, 0.3) is 0 Å². The molecule has 3 aromatic rings. The first-order valence-electron chi connectivity index (χ1n) is 12.3. The number of aryl methyl sites for hydroxylation is 1. The molecule has 0 radical (unpaired) electrons. The van der Waals surface area contributed by atoms with Gasteiger partial charge in [-0.15, -0.1) is 0 Å². The first kappa shape index (κ1) is 23.2. The Morgan fingerprint density at radius 2 is 1.60 bits per heavy atom. The Morgan fingerprint density at radius 3 is 2.34 bits per heavy atom. The standard InChI is InChI=1S/C27H32N6O2/c1-20-3-5-23(6-4-20)35-26-25(29-11-12-30-26)21-8-13-33(14-9-21)27(34)22-7-10-28-24(19-22)32-17-15-31(2)16-18-32/h3-7,10-12,19,21H,8-9,13-18H2,1-2H3. The van der Waals surface area contributed by atoms with Gasteiger partial charge in [0.05, 0.1) is 0 Å². The van der Waals surface area contributed by atoms with Gasteiger partial charge in [-0.3, -0.25) is 9.78 Å². The van der Waals surface area contributed by atoms with Crippen molar-refractivity contribution in [3.8, 4) is 11.6 Å². The largest absolute Gasteiger partial charge is 0.437 e. The molecule has 2 aliphatic heterocycles. The summed E-state index contributed by atoms with van der Waals surface area (Å²) in [6.45, 7) is 7.27. The van der Waals surface area contributed by atoms with Crippen LogP contribution in [0.15, 0.2) is 55.0 Å². The van der Waals surface area contributed by atoms with E-state index in [4.69, 9.17) is 4.74 Å². The number of amides is 1. The smallest absolute Gasteiger partial charge is 0.254 e. The molecule has 35 heavy (non-hydrogen) atoms. The van der Waals surface area contributed by atoms with Crippen molar-refractivity contribution in [1.29, 1.82) is 0 Å². The molecule has 5 rings (SSSR count). The molecule has 8 heteroatoms. The Morgan fingerprint density at radius 1 is 0.886 bits per heavy atom. The second-order valence-corrected chi connectivity index (χ2v) is 9.42. The van der Waals surface area contributed by atoms with E-state index in [9.17, 15) is 4.79 Å². The van der Waals surface area contributed by atoms with E-state index >= 15 is 0 Å². The van der Waals surface area contributed by atoms with Crippen LogP contribution in [0.2, 0.25) is 0 Å². The lowest BCUT2D eigenvalue weighted by Crippen LogP contribution is -2.45. The highest BCUT2D eigenvalue weighted by Crippen LogP contribution is 2.34. The zero-order valence-electron chi connectivity index (χ0n) is 20.4. The molecular formula is C27H32N6O2. The summed E-state index contributed by atoms with van der Waals surface area (Å²) in [6, 6.07) is 11.7. The minimum atomic E-state index is 0.0662. The normalized spacial score (nSPS) is 17.4. The zero-order chi connectivity index (χ0) is 24.2. The van der Waals surface area contributed by atoms with Crippen LogP contribution in [0, 0.1) is 6.92 Å². The van der Waals surface area contributed by atoms with Crippen molar-refractivity contribution in [1.82, 2.24) is 24.8 Å². The van der Waals surface area contributed by atoms with Gasteiger partial charge in [0.2, 0.25) is 5.88 Å². The van der Waals surface area contributed by atoms with Gasteiger partial charge in [0, 0.05) is 69.3 Å². The molecule has 0 N–H and O–H groups in total. The topological polar surface area (TPSA) is 74.7 Å². The summed E-state index contributed by atoms with van der Waals surface area (Å²) in [5, 5.41) is 0. The van der Waals surface area contributed by atoms with Crippen molar-refractivity contribution < 1.29 is 9.53 Å². The van der Waals surface area contributed by atoms with E-state index in [0.717, 1.165) is 56.3 Å². The second kappa shape index (κ2) is 10.4. The number of nitrogens with zero attached hydrogens (tertiary/aromatic N) is 6. The van der Waals surface area contributed by atoms with E-state index < -0.39 is 0 Å². The van der Waals surface area contributed by atoms with E-state index in [1.54, 1.807) is 18.6 Å². The first-order valence-corrected chi connectivity index (χ1v) is 12.3. The number of carbonyl (C=O) groups excluding carboxylic acids is 1. The minimum absolute atomic E-state index is 0.0662. The van der Waals surface area contributed by atoms with Crippen LogP contribution in [0.1, 0.15) is 40.4 Å². The molecule has 2 aliphatic rings. The highest BCUT2D eigenvalue weighted by atomic mass is 16.5. The van der Waals surface area contributed by atoms with Gasteiger partial charge in [-0.05, 0) is 51.1 Å². The van der Waals surface area contributed by atoms with Gasteiger partial charge in [0.1, 0.15) is 17.3 Å². The molecule has 0 spiro atoms. The molecule has 1 amide bonds. The Hall–Kier alpha value is -3.52. The lowest BCUT2D eigenvalue weighted by atomic mass is 9.93. The van der Waals surface area contributed by atoms with Crippen LogP contribution in [-0.4, -0.2) is 77.0 Å². The van der Waals surface area contributed by atoms with Gasteiger partial charge < -0.3 is 19.4 Å². The molecule has 0 atom stereocenters. The lowest BCUT2D eigenvalue weighted by molar-refractivity contribution is 0.0711. The fraction of sp³-hybridized carbons (Fsp3) is 0.407. The van der Waals surface area contributed by atoms with E-state index in [-0.39, 0.29) is 11.8 Å². The minimum Gasteiger partial charge on any atom is -0.437 e. The maximum absolute atomic E-state index is 13.3. The van der Waals surface area contributed by atoms with Crippen LogP contribution in [-0.2, 0) is 0 Å². The average molecular weight is 473 g/mol. The molecular weight excluding hydrogens is 440 g/mol. The Kier molecular flexibility index (Phi) is 6.90. The number of anilines is 1. The zero-order valence-corrected chi connectivity index (χ0v) is 20.4. The number of pyridine rings is 1. The van der Waals surface area contributed by atoms with Gasteiger partial charge in [-0.25, -0.2) is 9.97 Å². The fourth-order valence-electron chi connectivity index (χ4n) is 4.71. The third kappa shape index (κ3) is 5.43. The fourth-order valence-corrected chi connectivity index (χ4v) is 4.71. The molecule has 1 aromatic carbocycles. The van der Waals surface area contributed by atoms with Gasteiger partial charge in [-0.2, -0.15) is 0 Å². The number of benzene rings is 1. The highest BCUT2D eigenvalue weighted by Gasteiger charge is 2.28. The van der Waals surface area contributed by atoms with Crippen LogP contribution >= 0.6 is 0 Å². The van der Waals surface area contributed by atoms with E-state index in [1.807, 2.05) is 48.2 Å². The Balaban J connectivity index is 1.23. The number of hydrogen-bond donors (Lipinski definition) is 0. The number of rotatable bonds is 5. The molecule has 0 unspecified atom stereocenters. The summed E-state index contributed by atoms with van der Waals surface area (Å²) in [5.74, 6) is 2.45. The number of piperidine rings is 1. The summed E-state index contributed by atoms with van der Waals surface area (Å²) >= 11 is 0. The third-order valence-corrected chi connectivity index (χ3v) is 6.92. The SMILES string of the molecule is Cc1ccc(Oc2nccnc2C2CCN(C(=O)c3ccnc(N4CCN(C)CC4)c3)CC2)cc1. The molecule has 2 aromatic heterocycles. The maximum atomic E-state index is 13.3. The first-order chi connectivity index (χ1) is 17.1. The number of hydrogen-bond acceptors (Lipinski definition) is 7. The predicted molar refractivity (Wildman–Crippen MR) is 135 cm³/mol. The molecule has 0 saturated carbocycles. The molecule has 0 aliphatic carbocycles. The van der Waals surface area contributed by atoms with Crippen molar-refractivity contribution in [2.24, 2.45) is 0 Å². The lowest BCUT2D eigenvalue weighted by Gasteiger charge is -2.34. The number of carbonyl (C=O) groups is 1. The van der Waals surface area contributed by atoms with Crippen LogP contribution in [0.3, 0.4) is 0 Å². The van der Waals surface area contributed by atoms with Crippen molar-refractivity contribution in [3.63, 3.8) is 0 Å². The molecule has 0 bridgehead atoms. The summed E-state index contributed by atoms with van der Waals surface area (Å²) in [7, 11) is 2.13. The van der Waals surface area contributed by atoms with Gasteiger partial charge in [0.25, 0.3) is 5.91 Å². The maximum Gasteiger partial charge on any atom is 0.254 e. The third-order valence-electron chi connectivity index (χ3n) is 6.92. The van der Waals surface area contributed by atoms with Gasteiger partial charge in [-0.1, -0.05) is 17.7 Å². The molecule has 2 fully saturated rings. The quantitative estimate of drug-likeness (QED) is 0.560. The number of aromatic nitrogens is 3. The molecule has 8 nitrogen and oxygen atoms in total. The Labute approximate surface area is 206 Å². The predicted octanol–water partition coefficient (Wildman–Crippen LogP) is 3.74. The number of piperazine rings is 1. The number of ether oxygens (including phenoxy) is 1. The highest BCUT2D eigenvalue weighted by molar-refractivity contribution is 5.95. The number of likely N-dealkylation sites (N-methyl/N-ethyl adjacent to an activating group) is 1. The summed E-state index contributed by atoms with van der Waals surface area (Å²) in [5.41, 5.74) is 2.75. The van der Waals surface area contributed by atoms with Crippen LogP contribution < -0.4 is 9.64 Å². The molecule has 2 saturated heterocycles. The molecule has 4 heterocycles. The van der Waals surface area contributed by atoms with Crippen molar-refractivity contribution in [2.45, 2.75) is 25.7 Å². The van der Waals surface area contributed by atoms with Gasteiger partial charge >= 0.3 is 0 Å². The summed E-state index contributed by atoms with van der Waals surface area (Å²) in [4.78, 5) is 33.4. The van der Waals surface area contributed by atoms with Crippen LogP contribution in [0.5, 0.6) is 11.6 Å². The second-order valence-electron chi connectivity index (χ2n) is 9.42. The van der Waals surface area contributed by atoms with E-state index in [0.29, 0.717) is 24.5 Å². The van der Waals surface area contributed by atoms with Crippen molar-refractivity contribution in [3.05, 3.63) is 71.8 Å². The monoisotopic (exact) mass is 472 g/mol. The Bertz CT molecular complexity index is 1150. The van der Waals surface area contributed by atoms with Crippen LogP contribution in [0.4, 0.5) is 5.82 Å². The van der Waals surface area contributed by atoms with Crippen molar-refractivity contribution >= 4 is 11.7 Å². The molecule has 182 valence electrons.